The zero-order valence-corrected chi connectivity index (χ0v) is 18.5. The summed E-state index contributed by atoms with van der Waals surface area (Å²) >= 11 is 6.35. The number of pyridine rings is 1. The summed E-state index contributed by atoms with van der Waals surface area (Å²) in [6.45, 7) is 8.08. The fourth-order valence-corrected chi connectivity index (χ4v) is 3.76. The third kappa shape index (κ3) is 4.36. The van der Waals surface area contributed by atoms with Crippen molar-refractivity contribution in [3.63, 3.8) is 0 Å². The largest absolute Gasteiger partial charge is 0.410 e. The van der Waals surface area contributed by atoms with Gasteiger partial charge in [-0.3, -0.25) is 9.59 Å². The Labute approximate surface area is 181 Å². The fourth-order valence-electron chi connectivity index (χ4n) is 3.50. The van der Waals surface area contributed by atoms with E-state index in [0.29, 0.717) is 28.3 Å². The molecule has 0 unspecified atom stereocenters. The molecule has 2 aromatic carbocycles. The first kappa shape index (κ1) is 21.9. The number of carbonyl (C=O) groups is 1. The zero-order chi connectivity index (χ0) is 21.8. The quantitative estimate of drug-likeness (QED) is 0.582. The van der Waals surface area contributed by atoms with Crippen molar-refractivity contribution in [2.24, 2.45) is 5.92 Å². The molecular formula is C24H27ClN2O3. The highest BCUT2D eigenvalue weighted by Crippen LogP contribution is 2.26. The van der Waals surface area contributed by atoms with Gasteiger partial charge in [0, 0.05) is 5.39 Å². The second kappa shape index (κ2) is 9.35. The van der Waals surface area contributed by atoms with Gasteiger partial charge in [0.25, 0.3) is 11.5 Å². The highest BCUT2D eigenvalue weighted by Gasteiger charge is 2.23. The van der Waals surface area contributed by atoms with E-state index in [2.05, 4.69) is 5.32 Å². The van der Waals surface area contributed by atoms with Crippen molar-refractivity contribution in [2.75, 3.05) is 6.61 Å². The molecule has 1 atom stereocenters. The van der Waals surface area contributed by atoms with E-state index in [1.165, 1.54) is 4.73 Å². The number of rotatable bonds is 7. The van der Waals surface area contributed by atoms with Gasteiger partial charge in [-0.25, -0.2) is 0 Å². The minimum Gasteiger partial charge on any atom is -0.410 e. The minimum absolute atomic E-state index is 0.149. The van der Waals surface area contributed by atoms with Crippen molar-refractivity contribution < 1.29 is 9.63 Å². The SMILES string of the molecule is CC[C@H](NC(=O)c1c(C)n(OCC(C)C)c(=O)c2c(Cl)cccc12)c1ccccc1. The fraction of sp³-hybridized carbons (Fsp3) is 0.333. The van der Waals surface area contributed by atoms with Gasteiger partial charge in [-0.1, -0.05) is 74.8 Å². The molecule has 1 heterocycles. The number of aromatic nitrogens is 1. The number of carbonyl (C=O) groups excluding carboxylic acids is 1. The summed E-state index contributed by atoms with van der Waals surface area (Å²) in [4.78, 5) is 32.3. The average Bonchev–Trinajstić information content (AvgIpc) is 2.72. The molecule has 0 aliphatic rings. The second-order valence-corrected chi connectivity index (χ2v) is 8.16. The number of nitrogens with one attached hydrogen (secondary N) is 1. The summed E-state index contributed by atoms with van der Waals surface area (Å²) in [5.41, 5.74) is 1.51. The van der Waals surface area contributed by atoms with E-state index in [1.807, 2.05) is 51.1 Å². The summed E-state index contributed by atoms with van der Waals surface area (Å²) in [6, 6.07) is 14.8. The third-order valence-electron chi connectivity index (χ3n) is 5.03. The maximum absolute atomic E-state index is 13.4. The molecule has 0 saturated heterocycles. The van der Waals surface area contributed by atoms with Crippen LogP contribution in [-0.2, 0) is 0 Å². The molecule has 1 N–H and O–H groups in total. The van der Waals surface area contributed by atoms with Gasteiger partial charge < -0.3 is 10.2 Å². The second-order valence-electron chi connectivity index (χ2n) is 7.76. The number of benzene rings is 2. The molecule has 30 heavy (non-hydrogen) atoms. The predicted octanol–water partition coefficient (Wildman–Crippen LogP) is 4.93. The van der Waals surface area contributed by atoms with Crippen LogP contribution in [0, 0.1) is 12.8 Å². The lowest BCUT2D eigenvalue weighted by molar-refractivity contribution is 0.0761. The maximum atomic E-state index is 13.4. The summed E-state index contributed by atoms with van der Waals surface area (Å²) < 4.78 is 1.20. The molecule has 0 aliphatic carbocycles. The molecular weight excluding hydrogens is 400 g/mol. The van der Waals surface area contributed by atoms with E-state index in [-0.39, 0.29) is 28.8 Å². The van der Waals surface area contributed by atoms with Gasteiger partial charge in [0.15, 0.2) is 0 Å². The minimum atomic E-state index is -0.361. The summed E-state index contributed by atoms with van der Waals surface area (Å²) in [6.07, 6.45) is 0.733. The standard InChI is InChI=1S/C24H27ClN2O3/c1-5-20(17-10-7-6-8-11-17)26-23(28)21-16(4)27(30-14-15(2)3)24(29)22-18(21)12-9-13-19(22)25/h6-13,15,20H,5,14H2,1-4H3,(H,26,28)/t20-/m0/s1. The maximum Gasteiger partial charge on any atom is 0.292 e. The number of halogens is 1. The first-order valence-electron chi connectivity index (χ1n) is 10.2. The predicted molar refractivity (Wildman–Crippen MR) is 121 cm³/mol. The number of hydrogen-bond acceptors (Lipinski definition) is 3. The Balaban J connectivity index is 2.13. The molecule has 1 amide bonds. The van der Waals surface area contributed by atoms with Crippen LogP contribution in [0.1, 0.15) is 54.8 Å². The molecule has 158 valence electrons. The number of hydrogen-bond donors (Lipinski definition) is 1. The lowest BCUT2D eigenvalue weighted by Gasteiger charge is -2.21. The smallest absolute Gasteiger partial charge is 0.292 e. The Kier molecular flexibility index (Phi) is 6.83. The van der Waals surface area contributed by atoms with E-state index < -0.39 is 0 Å². The summed E-state index contributed by atoms with van der Waals surface area (Å²) in [5, 5.41) is 4.21. The van der Waals surface area contributed by atoms with Gasteiger partial charge in [-0.2, -0.15) is 0 Å². The average molecular weight is 427 g/mol. The van der Waals surface area contributed by atoms with Crippen LogP contribution in [0.5, 0.6) is 0 Å². The topological polar surface area (TPSA) is 60.3 Å². The van der Waals surface area contributed by atoms with Crippen LogP contribution in [0.25, 0.3) is 10.8 Å². The van der Waals surface area contributed by atoms with Crippen LogP contribution in [0.2, 0.25) is 5.02 Å². The van der Waals surface area contributed by atoms with Crippen LogP contribution < -0.4 is 15.7 Å². The van der Waals surface area contributed by atoms with Crippen LogP contribution in [0.3, 0.4) is 0 Å². The first-order valence-corrected chi connectivity index (χ1v) is 10.6. The van der Waals surface area contributed by atoms with Crippen molar-refractivity contribution in [1.29, 1.82) is 0 Å². The number of amides is 1. The Morgan fingerprint density at radius 2 is 1.83 bits per heavy atom. The van der Waals surface area contributed by atoms with Crippen molar-refractivity contribution in [3.8, 4) is 0 Å². The van der Waals surface area contributed by atoms with E-state index in [0.717, 1.165) is 12.0 Å². The monoisotopic (exact) mass is 426 g/mol. The van der Waals surface area contributed by atoms with Gasteiger partial charge in [-0.05, 0) is 30.9 Å². The molecule has 0 radical (unpaired) electrons. The van der Waals surface area contributed by atoms with Crippen LogP contribution >= 0.6 is 11.6 Å². The Morgan fingerprint density at radius 1 is 1.13 bits per heavy atom. The normalized spacial score (nSPS) is 12.2. The van der Waals surface area contributed by atoms with Gasteiger partial charge in [-0.15, -0.1) is 4.73 Å². The van der Waals surface area contributed by atoms with E-state index in [9.17, 15) is 9.59 Å². The lowest BCUT2D eigenvalue weighted by Crippen LogP contribution is -2.35. The Morgan fingerprint density at radius 3 is 2.47 bits per heavy atom. The zero-order valence-electron chi connectivity index (χ0n) is 17.7. The molecule has 0 fully saturated rings. The highest BCUT2D eigenvalue weighted by molar-refractivity contribution is 6.36. The van der Waals surface area contributed by atoms with Crippen molar-refractivity contribution in [2.45, 2.75) is 40.2 Å². The molecule has 6 heteroatoms. The van der Waals surface area contributed by atoms with Gasteiger partial charge in [0.1, 0.15) is 6.61 Å². The van der Waals surface area contributed by atoms with Crippen molar-refractivity contribution in [3.05, 3.63) is 80.7 Å². The summed E-state index contributed by atoms with van der Waals surface area (Å²) in [5.74, 6) is -0.0459. The molecule has 3 rings (SSSR count). The molecule has 3 aromatic rings. The van der Waals surface area contributed by atoms with Gasteiger partial charge in [0.2, 0.25) is 0 Å². The van der Waals surface area contributed by atoms with Crippen LogP contribution in [-0.4, -0.2) is 17.2 Å². The summed E-state index contributed by atoms with van der Waals surface area (Å²) in [7, 11) is 0. The molecule has 0 bridgehead atoms. The highest BCUT2D eigenvalue weighted by atomic mass is 35.5. The number of fused-ring (bicyclic) bond motifs is 1. The van der Waals surface area contributed by atoms with Crippen LogP contribution in [0.15, 0.2) is 53.3 Å². The number of nitrogens with zero attached hydrogens (tertiary/aromatic N) is 1. The third-order valence-corrected chi connectivity index (χ3v) is 5.34. The molecule has 0 spiro atoms. The van der Waals surface area contributed by atoms with Crippen LogP contribution in [0.4, 0.5) is 0 Å². The van der Waals surface area contributed by atoms with E-state index >= 15 is 0 Å². The van der Waals surface area contributed by atoms with Crippen molar-refractivity contribution in [1.82, 2.24) is 10.0 Å². The van der Waals surface area contributed by atoms with E-state index in [1.54, 1.807) is 25.1 Å². The molecule has 5 nitrogen and oxygen atoms in total. The Hall–Kier alpha value is -2.79. The van der Waals surface area contributed by atoms with Gasteiger partial charge in [0.05, 0.1) is 27.7 Å². The van der Waals surface area contributed by atoms with Crippen molar-refractivity contribution >= 4 is 28.3 Å². The molecule has 1 aromatic heterocycles. The van der Waals surface area contributed by atoms with E-state index in [4.69, 9.17) is 16.4 Å². The molecule has 0 saturated carbocycles. The first-order chi connectivity index (χ1) is 14.3. The van der Waals surface area contributed by atoms with Gasteiger partial charge >= 0.3 is 0 Å². The lowest BCUT2D eigenvalue weighted by atomic mass is 10.0. The molecule has 0 aliphatic heterocycles. The Bertz CT molecular complexity index is 1110.